The number of aliphatic imine (C=N–C) groups is 1. The second-order valence-electron chi connectivity index (χ2n) is 6.44. The Bertz CT molecular complexity index is 1130. The van der Waals surface area contributed by atoms with Crippen molar-refractivity contribution in [2.75, 3.05) is 5.32 Å². The summed E-state index contributed by atoms with van der Waals surface area (Å²) >= 11 is 7.68. The standard InChI is InChI=1S/C21H16ClN5OS/c1-12-17(20(28)26-13-7-3-2-4-8-13)18(14-9-5-6-10-15(14)22)27-19(24)16(11-23)29-21(27)25-12/h2-10,18H,24H2,1H3,(H,26,28)/t18-/m0/s1. The molecule has 2 aliphatic heterocycles. The molecule has 0 saturated carbocycles. The van der Waals surface area contributed by atoms with Crippen LogP contribution in [0.1, 0.15) is 18.5 Å². The highest BCUT2D eigenvalue weighted by Crippen LogP contribution is 2.46. The van der Waals surface area contributed by atoms with Crippen molar-refractivity contribution in [3.8, 4) is 6.07 Å². The van der Waals surface area contributed by atoms with Crippen LogP contribution >= 0.6 is 23.4 Å². The summed E-state index contributed by atoms with van der Waals surface area (Å²) < 4.78 is 0. The normalized spacial score (nSPS) is 18.3. The molecule has 2 heterocycles. The molecule has 0 bridgehead atoms. The van der Waals surface area contributed by atoms with Crippen molar-refractivity contribution in [1.29, 1.82) is 5.26 Å². The van der Waals surface area contributed by atoms with Gasteiger partial charge in [-0.2, -0.15) is 5.26 Å². The SMILES string of the molecule is CC1=C(C(=O)Nc2ccccc2)[C@H](c2ccccc2Cl)N2C(=N1)SC(C#N)=C2N. The predicted octanol–water partition coefficient (Wildman–Crippen LogP) is 4.36. The minimum Gasteiger partial charge on any atom is -0.383 e. The maximum absolute atomic E-state index is 13.3. The fraction of sp³-hybridized carbons (Fsp3) is 0.0952. The molecule has 0 saturated heterocycles. The summed E-state index contributed by atoms with van der Waals surface area (Å²) in [6.07, 6.45) is 0. The van der Waals surface area contributed by atoms with Crippen molar-refractivity contribution < 1.29 is 4.79 Å². The number of nitrogens with zero attached hydrogens (tertiary/aromatic N) is 3. The number of amides is 1. The van der Waals surface area contributed by atoms with Gasteiger partial charge in [0, 0.05) is 10.7 Å². The molecule has 0 fully saturated rings. The van der Waals surface area contributed by atoms with E-state index in [4.69, 9.17) is 17.3 Å². The molecule has 0 aliphatic carbocycles. The van der Waals surface area contributed by atoms with Gasteiger partial charge < -0.3 is 11.1 Å². The van der Waals surface area contributed by atoms with E-state index in [0.717, 1.165) is 0 Å². The number of hydrogen-bond acceptors (Lipinski definition) is 6. The highest BCUT2D eigenvalue weighted by atomic mass is 35.5. The van der Waals surface area contributed by atoms with Gasteiger partial charge in [0.1, 0.15) is 16.8 Å². The molecule has 6 nitrogen and oxygen atoms in total. The lowest BCUT2D eigenvalue weighted by Gasteiger charge is -2.35. The van der Waals surface area contributed by atoms with Crippen LogP contribution in [0, 0.1) is 11.3 Å². The van der Waals surface area contributed by atoms with Crippen LogP contribution in [0.2, 0.25) is 5.02 Å². The van der Waals surface area contributed by atoms with Crippen LogP contribution < -0.4 is 11.1 Å². The van der Waals surface area contributed by atoms with E-state index in [1.54, 1.807) is 17.9 Å². The van der Waals surface area contributed by atoms with E-state index in [2.05, 4.69) is 16.4 Å². The van der Waals surface area contributed by atoms with Crippen LogP contribution in [0.25, 0.3) is 0 Å². The van der Waals surface area contributed by atoms with Gasteiger partial charge in [0.2, 0.25) is 0 Å². The Morgan fingerprint density at radius 3 is 2.62 bits per heavy atom. The molecule has 8 heteroatoms. The smallest absolute Gasteiger partial charge is 0.255 e. The molecule has 4 rings (SSSR count). The van der Waals surface area contributed by atoms with E-state index in [0.29, 0.717) is 37.6 Å². The number of nitriles is 1. The maximum atomic E-state index is 13.3. The van der Waals surface area contributed by atoms with Crippen molar-refractivity contribution >= 4 is 40.1 Å². The van der Waals surface area contributed by atoms with E-state index in [1.807, 2.05) is 48.5 Å². The molecule has 1 amide bonds. The van der Waals surface area contributed by atoms with Crippen molar-refractivity contribution in [3.63, 3.8) is 0 Å². The first-order valence-corrected chi connectivity index (χ1v) is 9.98. The van der Waals surface area contributed by atoms with Crippen LogP contribution in [0.5, 0.6) is 0 Å². The Hall–Kier alpha value is -3.21. The maximum Gasteiger partial charge on any atom is 0.255 e. The van der Waals surface area contributed by atoms with Crippen molar-refractivity contribution in [2.24, 2.45) is 10.7 Å². The molecule has 0 unspecified atom stereocenters. The van der Waals surface area contributed by atoms with Crippen LogP contribution in [-0.4, -0.2) is 16.0 Å². The van der Waals surface area contributed by atoms with Gasteiger partial charge in [0.25, 0.3) is 5.91 Å². The number of rotatable bonds is 3. The second kappa shape index (κ2) is 7.66. The lowest BCUT2D eigenvalue weighted by molar-refractivity contribution is -0.113. The third-order valence-electron chi connectivity index (χ3n) is 4.65. The fourth-order valence-corrected chi connectivity index (χ4v) is 4.50. The number of halogens is 1. The molecule has 2 aromatic rings. The van der Waals surface area contributed by atoms with Gasteiger partial charge in [0.05, 0.1) is 17.3 Å². The second-order valence-corrected chi connectivity index (χ2v) is 7.82. The number of allylic oxidation sites excluding steroid dienone is 2. The monoisotopic (exact) mass is 421 g/mol. The summed E-state index contributed by atoms with van der Waals surface area (Å²) in [5, 5.41) is 13.4. The number of nitrogens with two attached hydrogens (primary N) is 1. The summed E-state index contributed by atoms with van der Waals surface area (Å²) in [4.78, 5) is 19.9. The molecular weight excluding hydrogens is 406 g/mol. The number of nitrogens with one attached hydrogen (secondary N) is 1. The van der Waals surface area contributed by atoms with Gasteiger partial charge in [-0.3, -0.25) is 9.69 Å². The van der Waals surface area contributed by atoms with Gasteiger partial charge >= 0.3 is 0 Å². The Kier molecular flexibility index (Phi) is 5.05. The minimum absolute atomic E-state index is 0.263. The van der Waals surface area contributed by atoms with Crippen molar-refractivity contribution in [1.82, 2.24) is 4.90 Å². The lowest BCUT2D eigenvalue weighted by atomic mass is 9.93. The number of benzene rings is 2. The first-order chi connectivity index (χ1) is 14.0. The Morgan fingerprint density at radius 2 is 1.93 bits per heavy atom. The minimum atomic E-state index is -0.599. The Labute approximate surface area is 177 Å². The number of thioether (sulfide) groups is 1. The molecular formula is C21H16ClN5OS. The number of fused-ring (bicyclic) bond motifs is 1. The number of hydrogen-bond donors (Lipinski definition) is 2. The number of anilines is 1. The van der Waals surface area contributed by atoms with Crippen LogP contribution in [-0.2, 0) is 4.79 Å². The topological polar surface area (TPSA) is 94.5 Å². The zero-order valence-electron chi connectivity index (χ0n) is 15.4. The molecule has 0 radical (unpaired) electrons. The van der Waals surface area contributed by atoms with E-state index >= 15 is 0 Å². The fourth-order valence-electron chi connectivity index (χ4n) is 3.34. The molecule has 2 aromatic carbocycles. The molecule has 0 aromatic heterocycles. The number of amidine groups is 1. The van der Waals surface area contributed by atoms with Gasteiger partial charge in [-0.05, 0) is 42.4 Å². The lowest BCUT2D eigenvalue weighted by Crippen LogP contribution is -2.39. The van der Waals surface area contributed by atoms with Gasteiger partial charge in [-0.1, -0.05) is 48.0 Å². The number of para-hydroxylation sites is 1. The highest BCUT2D eigenvalue weighted by Gasteiger charge is 2.42. The average Bonchev–Trinajstić information content (AvgIpc) is 3.03. The van der Waals surface area contributed by atoms with Gasteiger partial charge in [0.15, 0.2) is 5.17 Å². The van der Waals surface area contributed by atoms with E-state index in [-0.39, 0.29) is 11.7 Å². The van der Waals surface area contributed by atoms with Crippen LogP contribution in [0.15, 0.2) is 81.6 Å². The summed E-state index contributed by atoms with van der Waals surface area (Å²) in [7, 11) is 0. The van der Waals surface area contributed by atoms with E-state index in [9.17, 15) is 10.1 Å². The number of carbonyl (C=O) groups excluding carboxylic acids is 1. The predicted molar refractivity (Wildman–Crippen MR) is 116 cm³/mol. The summed E-state index contributed by atoms with van der Waals surface area (Å²) in [5.74, 6) is -0.0386. The zero-order valence-corrected chi connectivity index (χ0v) is 17.0. The summed E-state index contributed by atoms with van der Waals surface area (Å²) in [6, 6.07) is 18.0. The molecule has 1 atom stereocenters. The van der Waals surface area contributed by atoms with Crippen LogP contribution in [0.3, 0.4) is 0 Å². The van der Waals surface area contributed by atoms with E-state index < -0.39 is 6.04 Å². The first-order valence-electron chi connectivity index (χ1n) is 8.78. The first kappa shape index (κ1) is 19.1. The average molecular weight is 422 g/mol. The largest absolute Gasteiger partial charge is 0.383 e. The van der Waals surface area contributed by atoms with Crippen molar-refractivity contribution in [2.45, 2.75) is 13.0 Å². The molecule has 144 valence electrons. The Morgan fingerprint density at radius 1 is 1.24 bits per heavy atom. The van der Waals surface area contributed by atoms with Crippen molar-refractivity contribution in [3.05, 3.63) is 87.2 Å². The third-order valence-corrected chi connectivity index (χ3v) is 5.97. The molecule has 0 spiro atoms. The quantitative estimate of drug-likeness (QED) is 0.767. The summed E-state index contributed by atoms with van der Waals surface area (Å²) in [5.41, 5.74) is 8.62. The summed E-state index contributed by atoms with van der Waals surface area (Å²) in [6.45, 7) is 1.77. The Balaban J connectivity index is 1.85. The van der Waals surface area contributed by atoms with E-state index in [1.165, 1.54) is 11.8 Å². The molecule has 2 aliphatic rings. The number of carbonyl (C=O) groups is 1. The highest BCUT2D eigenvalue weighted by molar-refractivity contribution is 8.17. The van der Waals surface area contributed by atoms with Gasteiger partial charge in [-0.15, -0.1) is 0 Å². The molecule has 3 N–H and O–H groups in total. The molecule has 29 heavy (non-hydrogen) atoms. The van der Waals surface area contributed by atoms with Gasteiger partial charge in [-0.25, -0.2) is 4.99 Å². The third kappa shape index (κ3) is 3.37. The van der Waals surface area contributed by atoms with Crippen LogP contribution in [0.4, 0.5) is 5.69 Å². The zero-order chi connectivity index (χ0) is 20.5.